The van der Waals surface area contributed by atoms with Gasteiger partial charge in [-0.1, -0.05) is 11.6 Å². The molecular formula is C12H15BrClN3O2. The van der Waals surface area contributed by atoms with Gasteiger partial charge in [0.15, 0.2) is 5.15 Å². The first-order valence-electron chi connectivity index (χ1n) is 6.08. The van der Waals surface area contributed by atoms with Crippen LogP contribution in [0.4, 0.5) is 5.69 Å². The Bertz CT molecular complexity index is 453. The number of piperidine rings is 1. The van der Waals surface area contributed by atoms with Gasteiger partial charge in [0.2, 0.25) is 5.91 Å². The van der Waals surface area contributed by atoms with Gasteiger partial charge in [-0.15, -0.1) is 0 Å². The third kappa shape index (κ3) is 4.72. The highest BCUT2D eigenvalue weighted by Gasteiger charge is 2.15. The molecule has 0 atom stereocenters. The summed E-state index contributed by atoms with van der Waals surface area (Å²) in [6.45, 7) is 1.91. The Morgan fingerprint density at radius 3 is 3.05 bits per heavy atom. The molecule has 19 heavy (non-hydrogen) atoms. The van der Waals surface area contributed by atoms with Gasteiger partial charge in [0.05, 0.1) is 11.8 Å². The zero-order valence-electron chi connectivity index (χ0n) is 10.3. The molecule has 0 spiro atoms. The number of pyridine rings is 1. The third-order valence-corrected chi connectivity index (χ3v) is 3.55. The summed E-state index contributed by atoms with van der Waals surface area (Å²) in [6.07, 6.45) is 3.60. The summed E-state index contributed by atoms with van der Waals surface area (Å²) in [4.78, 5) is 15.7. The van der Waals surface area contributed by atoms with Gasteiger partial charge in [0.25, 0.3) is 0 Å². The van der Waals surface area contributed by atoms with Crippen LogP contribution in [-0.4, -0.2) is 36.7 Å². The number of rotatable bonds is 4. The number of aromatic nitrogens is 1. The first kappa shape index (κ1) is 14.7. The molecular weight excluding hydrogens is 334 g/mol. The van der Waals surface area contributed by atoms with E-state index >= 15 is 0 Å². The third-order valence-electron chi connectivity index (χ3n) is 2.82. The van der Waals surface area contributed by atoms with Gasteiger partial charge < -0.3 is 15.4 Å². The van der Waals surface area contributed by atoms with E-state index in [-0.39, 0.29) is 23.8 Å². The van der Waals surface area contributed by atoms with Crippen molar-refractivity contribution in [2.24, 2.45) is 0 Å². The van der Waals surface area contributed by atoms with Crippen LogP contribution in [0.3, 0.4) is 0 Å². The number of carbonyl (C=O) groups is 1. The summed E-state index contributed by atoms with van der Waals surface area (Å²) in [7, 11) is 0. The average molecular weight is 349 g/mol. The van der Waals surface area contributed by atoms with Crippen molar-refractivity contribution >= 4 is 39.1 Å². The number of hydrogen-bond donors (Lipinski definition) is 2. The van der Waals surface area contributed by atoms with Gasteiger partial charge >= 0.3 is 0 Å². The molecule has 1 aliphatic heterocycles. The van der Waals surface area contributed by atoms with E-state index in [9.17, 15) is 4.79 Å². The maximum atomic E-state index is 11.8. The molecule has 1 aromatic rings. The highest BCUT2D eigenvalue weighted by Crippen LogP contribution is 2.22. The van der Waals surface area contributed by atoms with Crippen molar-refractivity contribution in [3.8, 4) is 0 Å². The van der Waals surface area contributed by atoms with Gasteiger partial charge in [-0.2, -0.15) is 0 Å². The molecule has 2 rings (SSSR count). The number of hydrogen-bond acceptors (Lipinski definition) is 4. The van der Waals surface area contributed by atoms with Crippen LogP contribution in [-0.2, 0) is 9.53 Å². The molecule has 0 saturated carbocycles. The van der Waals surface area contributed by atoms with E-state index in [0.29, 0.717) is 5.69 Å². The minimum Gasteiger partial charge on any atom is -0.368 e. The Labute approximate surface area is 125 Å². The number of ether oxygens (including phenoxy) is 1. The Kier molecular flexibility index (Phi) is 5.57. The Hall–Kier alpha value is -0.690. The second-order valence-electron chi connectivity index (χ2n) is 4.30. The molecule has 2 N–H and O–H groups in total. The summed E-state index contributed by atoms with van der Waals surface area (Å²) < 4.78 is 6.32. The van der Waals surface area contributed by atoms with Crippen molar-refractivity contribution in [2.45, 2.75) is 18.9 Å². The first-order valence-corrected chi connectivity index (χ1v) is 7.25. The van der Waals surface area contributed by atoms with Crippen LogP contribution in [0, 0.1) is 0 Å². The summed E-state index contributed by atoms with van der Waals surface area (Å²) >= 11 is 9.17. The summed E-state index contributed by atoms with van der Waals surface area (Å²) in [5, 5.41) is 6.19. The van der Waals surface area contributed by atoms with Crippen molar-refractivity contribution in [1.29, 1.82) is 0 Å². The number of carbonyl (C=O) groups excluding carboxylic acids is 1. The van der Waals surface area contributed by atoms with Gasteiger partial charge in [-0.05, 0) is 47.9 Å². The second-order valence-corrected chi connectivity index (χ2v) is 5.57. The Morgan fingerprint density at radius 2 is 2.32 bits per heavy atom. The Balaban J connectivity index is 1.81. The molecule has 0 aliphatic carbocycles. The Morgan fingerprint density at radius 1 is 1.58 bits per heavy atom. The smallest absolute Gasteiger partial charge is 0.250 e. The maximum absolute atomic E-state index is 11.8. The fourth-order valence-corrected chi connectivity index (χ4v) is 2.33. The van der Waals surface area contributed by atoms with E-state index in [0.717, 1.165) is 30.4 Å². The zero-order valence-corrected chi connectivity index (χ0v) is 12.6. The van der Waals surface area contributed by atoms with Gasteiger partial charge in [0.1, 0.15) is 6.61 Å². The van der Waals surface area contributed by atoms with E-state index in [4.69, 9.17) is 16.3 Å². The summed E-state index contributed by atoms with van der Waals surface area (Å²) in [5.74, 6) is -0.222. The van der Waals surface area contributed by atoms with Gasteiger partial charge in [0, 0.05) is 10.7 Å². The number of nitrogens with one attached hydrogen (secondary N) is 2. The minimum absolute atomic E-state index is 0.0352. The molecule has 1 aliphatic rings. The molecule has 1 saturated heterocycles. The van der Waals surface area contributed by atoms with Crippen LogP contribution in [0.25, 0.3) is 0 Å². The molecule has 0 radical (unpaired) electrons. The predicted molar refractivity (Wildman–Crippen MR) is 77.4 cm³/mol. The van der Waals surface area contributed by atoms with E-state index in [1.54, 1.807) is 12.3 Å². The van der Waals surface area contributed by atoms with Gasteiger partial charge in [-0.25, -0.2) is 4.98 Å². The predicted octanol–water partition coefficient (Wildman–Crippen LogP) is 2.20. The summed E-state index contributed by atoms with van der Waals surface area (Å²) in [6, 6.07) is 1.71. The molecule has 104 valence electrons. The maximum Gasteiger partial charge on any atom is 0.250 e. The SMILES string of the molecule is O=C(COC1CCNCC1)Nc1cc(Br)cnc1Cl. The van der Waals surface area contributed by atoms with Crippen molar-refractivity contribution in [2.75, 3.05) is 25.0 Å². The average Bonchev–Trinajstić information content (AvgIpc) is 2.42. The standard InChI is InChI=1S/C12H15BrClN3O2/c13-8-5-10(12(14)16-6-8)17-11(18)7-19-9-1-3-15-4-2-9/h5-6,9,15H,1-4,7H2,(H,17,18). The molecule has 7 heteroatoms. The molecule has 0 unspecified atom stereocenters. The molecule has 1 amide bonds. The minimum atomic E-state index is -0.222. The van der Waals surface area contributed by atoms with Crippen LogP contribution >= 0.6 is 27.5 Å². The molecule has 2 heterocycles. The fraction of sp³-hybridized carbons (Fsp3) is 0.500. The summed E-state index contributed by atoms with van der Waals surface area (Å²) in [5.41, 5.74) is 0.481. The van der Waals surface area contributed by atoms with Crippen molar-refractivity contribution in [1.82, 2.24) is 10.3 Å². The molecule has 0 aromatic carbocycles. The quantitative estimate of drug-likeness (QED) is 0.819. The van der Waals surface area contributed by atoms with Crippen LogP contribution in [0.5, 0.6) is 0 Å². The fourth-order valence-electron chi connectivity index (χ4n) is 1.85. The van der Waals surface area contributed by atoms with Crippen LogP contribution in [0.2, 0.25) is 5.15 Å². The number of anilines is 1. The van der Waals surface area contributed by atoms with Crippen molar-refractivity contribution in [3.63, 3.8) is 0 Å². The normalized spacial score (nSPS) is 16.3. The lowest BCUT2D eigenvalue weighted by Crippen LogP contribution is -2.34. The lowest BCUT2D eigenvalue weighted by atomic mass is 10.1. The molecule has 0 bridgehead atoms. The molecule has 5 nitrogen and oxygen atoms in total. The topological polar surface area (TPSA) is 63.2 Å². The van der Waals surface area contributed by atoms with E-state index in [1.807, 2.05) is 0 Å². The monoisotopic (exact) mass is 347 g/mol. The number of amides is 1. The van der Waals surface area contributed by atoms with Crippen LogP contribution in [0.15, 0.2) is 16.7 Å². The van der Waals surface area contributed by atoms with E-state index < -0.39 is 0 Å². The highest BCUT2D eigenvalue weighted by atomic mass is 79.9. The number of nitrogens with zero attached hydrogens (tertiary/aromatic N) is 1. The van der Waals surface area contributed by atoms with Crippen molar-refractivity contribution < 1.29 is 9.53 Å². The highest BCUT2D eigenvalue weighted by molar-refractivity contribution is 9.10. The second kappa shape index (κ2) is 7.19. The lowest BCUT2D eigenvalue weighted by Gasteiger charge is -2.22. The van der Waals surface area contributed by atoms with Crippen molar-refractivity contribution in [3.05, 3.63) is 21.9 Å². The molecule has 1 aromatic heterocycles. The lowest BCUT2D eigenvalue weighted by molar-refractivity contribution is -0.123. The van der Waals surface area contributed by atoms with E-state index in [2.05, 4.69) is 31.5 Å². The number of halogens is 2. The first-order chi connectivity index (χ1) is 9.15. The molecule has 1 fully saturated rings. The van der Waals surface area contributed by atoms with Crippen LogP contribution < -0.4 is 10.6 Å². The van der Waals surface area contributed by atoms with Gasteiger partial charge in [-0.3, -0.25) is 4.79 Å². The van der Waals surface area contributed by atoms with Crippen LogP contribution in [0.1, 0.15) is 12.8 Å². The zero-order chi connectivity index (χ0) is 13.7. The largest absolute Gasteiger partial charge is 0.368 e. The van der Waals surface area contributed by atoms with E-state index in [1.165, 1.54) is 0 Å².